The van der Waals surface area contributed by atoms with Gasteiger partial charge in [0.15, 0.2) is 29.3 Å². The predicted molar refractivity (Wildman–Crippen MR) is 183 cm³/mol. The Morgan fingerprint density at radius 3 is 2.24 bits per heavy atom. The van der Waals surface area contributed by atoms with Crippen LogP contribution in [0.1, 0.15) is 47.2 Å². The fourth-order valence-corrected chi connectivity index (χ4v) is 5.76. The summed E-state index contributed by atoms with van der Waals surface area (Å²) in [6, 6.07) is 25.7. The number of anilines is 2. The molecule has 0 spiro atoms. The van der Waals surface area contributed by atoms with Gasteiger partial charge in [0.25, 0.3) is 11.8 Å². The van der Waals surface area contributed by atoms with E-state index in [1.54, 1.807) is 13.1 Å². The van der Waals surface area contributed by atoms with E-state index in [2.05, 4.69) is 65.5 Å². The van der Waals surface area contributed by atoms with Crippen LogP contribution in [0.25, 0.3) is 11.2 Å². The summed E-state index contributed by atoms with van der Waals surface area (Å²) in [5.74, 6) is -0.206. The number of hydrogen-bond donors (Lipinski definition) is 6. The number of amides is 2. The van der Waals surface area contributed by atoms with Gasteiger partial charge in [-0.1, -0.05) is 66.7 Å². The van der Waals surface area contributed by atoms with Crippen LogP contribution >= 0.6 is 0 Å². The van der Waals surface area contributed by atoms with E-state index in [1.165, 1.54) is 10.9 Å². The molecule has 1 fully saturated rings. The summed E-state index contributed by atoms with van der Waals surface area (Å²) in [7, 11) is 0. The number of likely N-dealkylation sites (N-methyl/N-ethyl adjacent to an activating group) is 1. The number of carbonyl (C=O) groups is 2. The van der Waals surface area contributed by atoms with Gasteiger partial charge in [-0.25, -0.2) is 19.9 Å². The van der Waals surface area contributed by atoms with Crippen LogP contribution in [0.2, 0.25) is 0 Å². The van der Waals surface area contributed by atoms with Crippen molar-refractivity contribution in [1.82, 2.24) is 35.1 Å². The third-order valence-corrected chi connectivity index (χ3v) is 8.23. The van der Waals surface area contributed by atoms with E-state index < -0.39 is 36.4 Å². The largest absolute Gasteiger partial charge is 0.387 e. The zero-order valence-electron chi connectivity index (χ0n) is 26.9. The van der Waals surface area contributed by atoms with E-state index in [9.17, 15) is 19.8 Å². The summed E-state index contributed by atoms with van der Waals surface area (Å²) >= 11 is 0. The number of pyridine rings is 1. The van der Waals surface area contributed by atoms with Crippen molar-refractivity contribution < 1.29 is 24.5 Å². The molecule has 0 aliphatic carbocycles. The zero-order valence-corrected chi connectivity index (χ0v) is 26.9. The summed E-state index contributed by atoms with van der Waals surface area (Å²) in [6.07, 6.45) is -1.77. The Morgan fingerprint density at radius 2 is 1.57 bits per heavy atom. The maximum absolute atomic E-state index is 13.4. The van der Waals surface area contributed by atoms with Gasteiger partial charge < -0.3 is 36.2 Å². The van der Waals surface area contributed by atoms with E-state index in [0.717, 1.165) is 16.9 Å². The molecular formula is C35H39N9O5. The molecule has 5 aromatic rings. The van der Waals surface area contributed by atoms with Crippen molar-refractivity contribution in [3.05, 3.63) is 108 Å². The van der Waals surface area contributed by atoms with Crippen molar-refractivity contribution in [1.29, 1.82) is 0 Å². The first-order valence-corrected chi connectivity index (χ1v) is 16.2. The number of nitrogens with one attached hydrogen (secondary N) is 4. The summed E-state index contributed by atoms with van der Waals surface area (Å²) in [5, 5.41) is 33.7. The lowest BCUT2D eigenvalue weighted by Crippen LogP contribution is -2.42. The fraction of sp³-hybridized carbons (Fsp3) is 0.314. The lowest BCUT2D eigenvalue weighted by molar-refractivity contribution is -0.137. The number of ether oxygens (including phenoxy) is 1. The highest BCUT2D eigenvalue weighted by atomic mass is 16.6. The summed E-state index contributed by atoms with van der Waals surface area (Å²) in [5.41, 5.74) is 2.68. The van der Waals surface area contributed by atoms with Crippen LogP contribution in [-0.2, 0) is 9.53 Å². The van der Waals surface area contributed by atoms with Gasteiger partial charge in [0.05, 0.1) is 6.33 Å². The fourth-order valence-electron chi connectivity index (χ4n) is 5.76. The molecule has 6 rings (SSSR count). The van der Waals surface area contributed by atoms with E-state index in [-0.39, 0.29) is 17.4 Å². The van der Waals surface area contributed by atoms with Gasteiger partial charge >= 0.3 is 0 Å². The minimum atomic E-state index is -1.49. The molecule has 2 amide bonds. The summed E-state index contributed by atoms with van der Waals surface area (Å²) < 4.78 is 7.26. The van der Waals surface area contributed by atoms with E-state index in [4.69, 9.17) is 4.74 Å². The van der Waals surface area contributed by atoms with Crippen molar-refractivity contribution >= 4 is 34.6 Å². The molecular weight excluding hydrogens is 626 g/mol. The van der Waals surface area contributed by atoms with Crippen molar-refractivity contribution in [3.8, 4) is 0 Å². The molecule has 6 N–H and O–H groups in total. The number of hydrogen-bond acceptors (Lipinski definition) is 11. The molecule has 4 atom stereocenters. The molecule has 0 radical (unpaired) electrons. The first kappa shape index (κ1) is 33.5. The van der Waals surface area contributed by atoms with E-state index >= 15 is 0 Å². The molecule has 0 unspecified atom stereocenters. The number of fused-ring (bicyclic) bond motifs is 1. The second kappa shape index (κ2) is 15.6. The maximum Gasteiger partial charge on any atom is 0.289 e. The van der Waals surface area contributed by atoms with Crippen molar-refractivity contribution in [3.63, 3.8) is 0 Å². The second-order valence-electron chi connectivity index (χ2n) is 11.5. The van der Waals surface area contributed by atoms with Crippen LogP contribution < -0.4 is 21.3 Å². The number of nitrogens with zero attached hydrogens (tertiary/aromatic N) is 5. The second-order valence-corrected chi connectivity index (χ2v) is 11.5. The van der Waals surface area contributed by atoms with Gasteiger partial charge in [-0.05, 0) is 36.6 Å². The number of aromatic nitrogens is 5. The normalized spacial score (nSPS) is 18.8. The molecule has 2 aromatic carbocycles. The summed E-state index contributed by atoms with van der Waals surface area (Å²) in [4.78, 5) is 43.9. The molecule has 14 nitrogen and oxygen atoms in total. The Labute approximate surface area is 283 Å². The number of rotatable bonds is 14. The number of carbonyl (C=O) groups excluding carboxylic acids is 2. The van der Waals surface area contributed by atoms with Crippen molar-refractivity contribution in [2.45, 2.75) is 43.8 Å². The predicted octanol–water partition coefficient (Wildman–Crippen LogP) is 2.45. The molecule has 0 saturated carbocycles. The van der Waals surface area contributed by atoms with Gasteiger partial charge in [-0.3, -0.25) is 14.2 Å². The van der Waals surface area contributed by atoms with Crippen LogP contribution in [0.15, 0.2) is 91.4 Å². The van der Waals surface area contributed by atoms with Crippen molar-refractivity contribution in [2.24, 2.45) is 0 Å². The minimum Gasteiger partial charge on any atom is -0.387 e. The monoisotopic (exact) mass is 665 g/mol. The summed E-state index contributed by atoms with van der Waals surface area (Å²) in [6.45, 7) is 3.41. The Bertz CT molecular complexity index is 1800. The van der Waals surface area contributed by atoms with E-state index in [1.807, 2.05) is 54.6 Å². The number of aliphatic hydroxyl groups is 2. The average molecular weight is 666 g/mol. The number of benzene rings is 2. The van der Waals surface area contributed by atoms with Crippen LogP contribution in [0, 0.1) is 0 Å². The van der Waals surface area contributed by atoms with Gasteiger partial charge in [0.2, 0.25) is 5.82 Å². The highest BCUT2D eigenvalue weighted by Gasteiger charge is 2.47. The van der Waals surface area contributed by atoms with Crippen LogP contribution in [0.4, 0.5) is 11.6 Å². The Morgan fingerprint density at radius 1 is 0.857 bits per heavy atom. The third kappa shape index (κ3) is 7.67. The maximum atomic E-state index is 13.4. The lowest BCUT2D eigenvalue weighted by atomic mass is 9.91. The molecule has 4 heterocycles. The Hall–Kier alpha value is -5.44. The quantitative estimate of drug-likeness (QED) is 0.0957. The molecule has 49 heavy (non-hydrogen) atoms. The molecule has 1 saturated heterocycles. The van der Waals surface area contributed by atoms with Crippen LogP contribution in [0.5, 0.6) is 0 Å². The molecule has 14 heteroatoms. The smallest absolute Gasteiger partial charge is 0.289 e. The molecule has 254 valence electrons. The van der Waals surface area contributed by atoms with E-state index in [0.29, 0.717) is 43.9 Å². The lowest BCUT2D eigenvalue weighted by Gasteiger charge is -2.20. The van der Waals surface area contributed by atoms with Gasteiger partial charge in [-0.15, -0.1) is 0 Å². The highest BCUT2D eigenvalue weighted by molar-refractivity contribution is 5.94. The van der Waals surface area contributed by atoms with Gasteiger partial charge in [0, 0.05) is 38.3 Å². The minimum absolute atomic E-state index is 0.0636. The first-order valence-electron chi connectivity index (χ1n) is 16.2. The molecule has 0 bridgehead atoms. The van der Waals surface area contributed by atoms with Crippen LogP contribution in [0.3, 0.4) is 0 Å². The number of imidazole rings is 1. The third-order valence-electron chi connectivity index (χ3n) is 8.23. The van der Waals surface area contributed by atoms with Gasteiger partial charge in [-0.2, -0.15) is 0 Å². The Kier molecular flexibility index (Phi) is 10.7. The molecule has 1 aliphatic rings. The topological polar surface area (TPSA) is 188 Å². The van der Waals surface area contributed by atoms with Crippen molar-refractivity contribution in [2.75, 3.05) is 36.8 Å². The standard InChI is InChI=1S/C35H39N9O5/c1-2-36-33(47)29-27(45)28(46)35(49-29)44-21-41-26-30(40-20-24(22-12-5-3-6-13-22)23-14-7-4-8-15-23)42-31(43-32(26)44)34(48)39-19-11-18-38-25-16-9-10-17-37-25/h3-10,12-17,21,24,27-29,35,45-46H,2,11,18-20H2,1H3,(H,36,47)(H,37,38)(H,39,48)(H,40,42,43)/t27-,28+,29-,35+/m0/s1. The average Bonchev–Trinajstić information content (AvgIpc) is 3.69. The molecule has 1 aliphatic heterocycles. The zero-order chi connectivity index (χ0) is 34.2. The first-order chi connectivity index (χ1) is 23.9. The SMILES string of the molecule is CCNC(=O)[C@H]1O[C@@H](n2cnc3c(NCC(c4ccccc4)c4ccccc4)nc(C(=O)NCCCNc4ccccn4)nc32)[C@H](O)[C@@H]1O. The number of aliphatic hydroxyl groups excluding tert-OH is 2. The Balaban J connectivity index is 1.28. The van der Waals surface area contributed by atoms with Gasteiger partial charge in [0.1, 0.15) is 18.0 Å². The molecule has 3 aromatic heterocycles. The highest BCUT2D eigenvalue weighted by Crippen LogP contribution is 2.33. The van der Waals surface area contributed by atoms with Crippen LogP contribution in [-0.4, -0.2) is 91.0 Å².